The van der Waals surface area contributed by atoms with Crippen LogP contribution in [0, 0.1) is 0 Å². The lowest BCUT2D eigenvalue weighted by atomic mass is 10.1. The summed E-state index contributed by atoms with van der Waals surface area (Å²) in [6.45, 7) is 6.33. The molecule has 0 spiro atoms. The van der Waals surface area contributed by atoms with Gasteiger partial charge in [0.25, 0.3) is 0 Å². The van der Waals surface area contributed by atoms with Gasteiger partial charge in [0.2, 0.25) is 0 Å². The second-order valence-electron chi connectivity index (χ2n) is 4.07. The van der Waals surface area contributed by atoms with E-state index in [9.17, 15) is 4.79 Å². The number of hydrogen-bond donors (Lipinski definition) is 0. The highest BCUT2D eigenvalue weighted by Crippen LogP contribution is 2.29. The number of rotatable bonds is 3. The maximum atomic E-state index is 11.0. The van der Waals surface area contributed by atoms with Crippen molar-refractivity contribution < 1.29 is 14.3 Å². The van der Waals surface area contributed by atoms with E-state index in [1.165, 1.54) is 6.08 Å². The first-order valence-corrected chi connectivity index (χ1v) is 5.06. The van der Waals surface area contributed by atoms with Gasteiger partial charge < -0.3 is 9.47 Å². The molecule has 0 aromatic heterocycles. The van der Waals surface area contributed by atoms with E-state index >= 15 is 0 Å². The van der Waals surface area contributed by atoms with Gasteiger partial charge in [-0.25, -0.2) is 4.79 Å². The Morgan fingerprint density at radius 1 is 1.64 bits per heavy atom. The molecule has 80 valence electrons. The summed E-state index contributed by atoms with van der Waals surface area (Å²) in [5.74, 6) is -0.291. The second-order valence-corrected chi connectivity index (χ2v) is 4.07. The van der Waals surface area contributed by atoms with E-state index in [0.717, 1.165) is 12.8 Å². The van der Waals surface area contributed by atoms with E-state index in [4.69, 9.17) is 9.47 Å². The molecular formula is C11H18O3. The average Bonchev–Trinajstić information content (AvgIpc) is 2.43. The van der Waals surface area contributed by atoms with Crippen LogP contribution in [0.3, 0.4) is 0 Å². The van der Waals surface area contributed by atoms with Gasteiger partial charge in [0.1, 0.15) is 0 Å². The summed E-state index contributed by atoms with van der Waals surface area (Å²) in [4.78, 5) is 11.0. The van der Waals surface area contributed by atoms with Gasteiger partial charge in [-0.05, 0) is 39.7 Å². The smallest absolute Gasteiger partial charge is 0.330 e. The lowest BCUT2D eigenvalue weighted by molar-refractivity contribution is -0.137. The zero-order valence-electron chi connectivity index (χ0n) is 9.08. The van der Waals surface area contributed by atoms with E-state index in [1.54, 1.807) is 13.0 Å². The fourth-order valence-corrected chi connectivity index (χ4v) is 1.53. The zero-order chi connectivity index (χ0) is 10.6. The molecular weight excluding hydrogens is 180 g/mol. The van der Waals surface area contributed by atoms with Crippen molar-refractivity contribution >= 4 is 5.97 Å². The number of ether oxygens (including phenoxy) is 2. The van der Waals surface area contributed by atoms with Gasteiger partial charge in [0.15, 0.2) is 0 Å². The Hall–Kier alpha value is -0.830. The fraction of sp³-hybridized carbons (Fsp3) is 0.727. The topological polar surface area (TPSA) is 35.5 Å². The molecule has 1 saturated heterocycles. The molecule has 0 aliphatic carbocycles. The van der Waals surface area contributed by atoms with Crippen LogP contribution in [0.1, 0.15) is 33.6 Å². The third-order valence-corrected chi connectivity index (χ3v) is 2.23. The maximum absolute atomic E-state index is 11.0. The Labute approximate surface area is 85.1 Å². The molecule has 1 rings (SSSR count). The van der Waals surface area contributed by atoms with Gasteiger partial charge in [0.05, 0.1) is 18.3 Å². The van der Waals surface area contributed by atoms with Gasteiger partial charge >= 0.3 is 5.97 Å². The molecule has 0 saturated carbocycles. The molecule has 1 atom stereocenters. The van der Waals surface area contributed by atoms with E-state index in [2.05, 4.69) is 13.8 Å². The molecule has 0 bridgehead atoms. The first kappa shape index (κ1) is 11.2. The van der Waals surface area contributed by atoms with Gasteiger partial charge in [-0.2, -0.15) is 0 Å². The first-order valence-electron chi connectivity index (χ1n) is 5.06. The van der Waals surface area contributed by atoms with Crippen LogP contribution in [-0.2, 0) is 14.3 Å². The molecule has 0 N–H and O–H groups in total. The largest absolute Gasteiger partial charge is 0.463 e. The minimum atomic E-state index is -0.291. The molecule has 3 nitrogen and oxygen atoms in total. The van der Waals surface area contributed by atoms with Crippen molar-refractivity contribution in [1.29, 1.82) is 0 Å². The van der Waals surface area contributed by atoms with Crippen LogP contribution in [-0.4, -0.2) is 24.3 Å². The predicted molar refractivity (Wildman–Crippen MR) is 54.0 cm³/mol. The van der Waals surface area contributed by atoms with Crippen LogP contribution in [0.4, 0.5) is 0 Å². The molecule has 1 heterocycles. The highest BCUT2D eigenvalue weighted by atomic mass is 16.5. The van der Waals surface area contributed by atoms with Crippen LogP contribution in [0.25, 0.3) is 0 Å². The van der Waals surface area contributed by atoms with E-state index < -0.39 is 0 Å². The highest BCUT2D eigenvalue weighted by molar-refractivity contribution is 5.81. The molecule has 14 heavy (non-hydrogen) atoms. The number of carbonyl (C=O) groups is 1. The first-order chi connectivity index (χ1) is 6.53. The molecule has 3 heteroatoms. The third-order valence-electron chi connectivity index (χ3n) is 2.23. The van der Waals surface area contributed by atoms with E-state index in [0.29, 0.717) is 6.61 Å². The minimum Gasteiger partial charge on any atom is -0.463 e. The van der Waals surface area contributed by atoms with Crippen molar-refractivity contribution in [3.05, 3.63) is 12.2 Å². The Balaban J connectivity index is 2.35. The monoisotopic (exact) mass is 198 g/mol. The van der Waals surface area contributed by atoms with E-state index in [1.807, 2.05) is 0 Å². The van der Waals surface area contributed by atoms with E-state index in [-0.39, 0.29) is 17.7 Å². The summed E-state index contributed by atoms with van der Waals surface area (Å²) in [5.41, 5.74) is -0.0519. The summed E-state index contributed by atoms with van der Waals surface area (Å²) >= 11 is 0. The molecule has 1 aliphatic rings. The molecule has 0 aromatic rings. The molecule has 1 aliphatic heterocycles. The van der Waals surface area contributed by atoms with Crippen LogP contribution in [0.15, 0.2) is 12.2 Å². The van der Waals surface area contributed by atoms with Crippen molar-refractivity contribution in [2.75, 3.05) is 6.61 Å². The number of esters is 1. The van der Waals surface area contributed by atoms with Crippen LogP contribution >= 0.6 is 0 Å². The van der Waals surface area contributed by atoms with Gasteiger partial charge in [0, 0.05) is 6.08 Å². The summed E-state index contributed by atoms with van der Waals surface area (Å²) in [6.07, 6.45) is 5.31. The number of carbonyl (C=O) groups excluding carboxylic acids is 1. The Morgan fingerprint density at radius 3 is 2.86 bits per heavy atom. The average molecular weight is 198 g/mol. The fourth-order valence-electron chi connectivity index (χ4n) is 1.53. The SMILES string of the molecule is CCOC(=O)/C=C/[C@H]1CCC(C)(C)O1. The van der Waals surface area contributed by atoms with Crippen molar-refractivity contribution in [2.24, 2.45) is 0 Å². The second kappa shape index (κ2) is 4.60. The molecule has 0 unspecified atom stereocenters. The van der Waals surface area contributed by atoms with Crippen LogP contribution < -0.4 is 0 Å². The summed E-state index contributed by atoms with van der Waals surface area (Å²) in [5, 5.41) is 0. The Bertz CT molecular complexity index is 231. The maximum Gasteiger partial charge on any atom is 0.330 e. The van der Waals surface area contributed by atoms with Crippen LogP contribution in [0.5, 0.6) is 0 Å². The third kappa shape index (κ3) is 3.50. The lowest BCUT2D eigenvalue weighted by Crippen LogP contribution is -2.19. The van der Waals surface area contributed by atoms with Crippen molar-refractivity contribution in [3.8, 4) is 0 Å². The molecule has 0 radical (unpaired) electrons. The normalized spacial score (nSPS) is 25.5. The van der Waals surface area contributed by atoms with Crippen molar-refractivity contribution in [1.82, 2.24) is 0 Å². The lowest BCUT2D eigenvalue weighted by Gasteiger charge is -2.17. The van der Waals surface area contributed by atoms with Gasteiger partial charge in [-0.15, -0.1) is 0 Å². The highest BCUT2D eigenvalue weighted by Gasteiger charge is 2.29. The Kier molecular flexibility index (Phi) is 3.69. The van der Waals surface area contributed by atoms with Crippen molar-refractivity contribution in [2.45, 2.75) is 45.3 Å². The minimum absolute atomic E-state index is 0.0519. The Morgan fingerprint density at radius 2 is 2.36 bits per heavy atom. The van der Waals surface area contributed by atoms with Gasteiger partial charge in [-0.1, -0.05) is 0 Å². The zero-order valence-corrected chi connectivity index (χ0v) is 9.08. The quantitative estimate of drug-likeness (QED) is 0.514. The molecule has 1 fully saturated rings. The van der Waals surface area contributed by atoms with Gasteiger partial charge in [-0.3, -0.25) is 0 Å². The summed E-state index contributed by atoms with van der Waals surface area (Å²) in [7, 11) is 0. The number of hydrogen-bond acceptors (Lipinski definition) is 3. The summed E-state index contributed by atoms with van der Waals surface area (Å²) in [6, 6.07) is 0. The predicted octanol–water partition coefficient (Wildman–Crippen LogP) is 2.06. The molecule has 0 aromatic carbocycles. The van der Waals surface area contributed by atoms with Crippen LogP contribution in [0.2, 0.25) is 0 Å². The summed E-state index contributed by atoms with van der Waals surface area (Å²) < 4.78 is 10.5. The standard InChI is InChI=1S/C11H18O3/c1-4-13-10(12)6-5-9-7-8-11(2,3)14-9/h5-6,9H,4,7-8H2,1-3H3/b6-5+/t9-/m0/s1. The van der Waals surface area contributed by atoms with Crippen molar-refractivity contribution in [3.63, 3.8) is 0 Å². The molecule has 0 amide bonds.